The second-order valence-electron chi connectivity index (χ2n) is 5.26. The van der Waals surface area contributed by atoms with Gasteiger partial charge in [-0.3, -0.25) is 9.59 Å². The monoisotopic (exact) mass is 325 g/mol. The van der Waals surface area contributed by atoms with Gasteiger partial charge in [-0.25, -0.2) is 0 Å². The molecule has 0 spiro atoms. The fraction of sp³-hybridized carbons (Fsp3) is 0.688. The number of hydrogen-bond donors (Lipinski definition) is 1. The van der Waals surface area contributed by atoms with Gasteiger partial charge in [-0.05, 0) is 19.8 Å². The quantitative estimate of drug-likeness (QED) is 0.597. The van der Waals surface area contributed by atoms with Crippen LogP contribution in [0, 0.1) is 0 Å². The molecule has 0 aliphatic carbocycles. The zero-order valence-corrected chi connectivity index (χ0v) is 14.0. The van der Waals surface area contributed by atoms with E-state index in [1.807, 2.05) is 6.92 Å². The Kier molecular flexibility index (Phi) is 9.70. The van der Waals surface area contributed by atoms with Gasteiger partial charge in [0.15, 0.2) is 5.82 Å². The number of rotatable bonds is 12. The number of carbonyl (C=O) groups excluding carboxylic acids is 2. The van der Waals surface area contributed by atoms with Crippen LogP contribution in [0.3, 0.4) is 0 Å². The molecule has 0 aromatic carbocycles. The largest absolute Gasteiger partial charge is 0.382 e. The Labute approximate surface area is 137 Å². The van der Waals surface area contributed by atoms with E-state index in [4.69, 9.17) is 4.74 Å². The zero-order chi connectivity index (χ0) is 16.9. The van der Waals surface area contributed by atoms with Gasteiger partial charge in [-0.2, -0.15) is 0 Å². The van der Waals surface area contributed by atoms with Crippen LogP contribution in [-0.4, -0.2) is 48.2 Å². The highest BCUT2D eigenvalue weighted by molar-refractivity contribution is 5.93. The molecule has 130 valence electrons. The first-order chi connectivity index (χ1) is 11.2. The van der Waals surface area contributed by atoms with Crippen molar-refractivity contribution in [2.24, 2.45) is 0 Å². The molecule has 1 N–H and O–H groups in total. The van der Waals surface area contributed by atoms with Gasteiger partial charge in [0.25, 0.3) is 0 Å². The molecule has 0 saturated heterocycles. The molecule has 1 heterocycles. The van der Waals surface area contributed by atoms with E-state index >= 15 is 0 Å². The molecule has 1 rings (SSSR count). The lowest BCUT2D eigenvalue weighted by molar-refractivity contribution is -0.135. The summed E-state index contributed by atoms with van der Waals surface area (Å²) in [6.07, 6.45) is 5.49. The van der Waals surface area contributed by atoms with Crippen LogP contribution in [0.15, 0.2) is 16.9 Å². The fourth-order valence-electron chi connectivity index (χ4n) is 2.11. The van der Waals surface area contributed by atoms with Crippen molar-refractivity contribution in [3.63, 3.8) is 0 Å². The standard InChI is InChI=1S/C16H27N3O4/c1-3-5-6-8-16(21)19(10-7-11-22-4-2)13-15(20)17-14-9-12-23-18-14/h9,12H,3-8,10-11,13H2,1-2H3,(H,17,18,20). The molecular weight excluding hydrogens is 298 g/mol. The first kappa shape index (κ1) is 19.2. The average molecular weight is 325 g/mol. The summed E-state index contributed by atoms with van der Waals surface area (Å²) in [6.45, 7) is 5.78. The molecule has 0 unspecified atom stereocenters. The highest BCUT2D eigenvalue weighted by Gasteiger charge is 2.17. The molecule has 1 aromatic heterocycles. The van der Waals surface area contributed by atoms with Crippen molar-refractivity contribution >= 4 is 17.6 Å². The van der Waals surface area contributed by atoms with Gasteiger partial charge in [0.05, 0.1) is 6.54 Å². The van der Waals surface area contributed by atoms with E-state index in [0.29, 0.717) is 38.4 Å². The Morgan fingerprint density at radius 2 is 2.13 bits per heavy atom. The first-order valence-electron chi connectivity index (χ1n) is 8.23. The topological polar surface area (TPSA) is 84.7 Å². The van der Waals surface area contributed by atoms with Crippen molar-refractivity contribution in [1.82, 2.24) is 10.1 Å². The van der Waals surface area contributed by atoms with Gasteiger partial charge in [0, 0.05) is 32.2 Å². The molecule has 7 nitrogen and oxygen atoms in total. The summed E-state index contributed by atoms with van der Waals surface area (Å²) in [4.78, 5) is 25.9. The van der Waals surface area contributed by atoms with Crippen LogP contribution < -0.4 is 5.32 Å². The number of aromatic nitrogens is 1. The maximum atomic E-state index is 12.3. The van der Waals surface area contributed by atoms with Crippen LogP contribution in [0.2, 0.25) is 0 Å². The molecule has 7 heteroatoms. The Morgan fingerprint density at radius 3 is 2.78 bits per heavy atom. The number of carbonyl (C=O) groups is 2. The van der Waals surface area contributed by atoms with Crippen LogP contribution in [0.25, 0.3) is 0 Å². The molecule has 1 aromatic rings. The maximum absolute atomic E-state index is 12.3. The summed E-state index contributed by atoms with van der Waals surface area (Å²) >= 11 is 0. The van der Waals surface area contributed by atoms with Gasteiger partial charge in [0.1, 0.15) is 6.26 Å². The molecule has 0 fully saturated rings. The minimum atomic E-state index is -0.279. The summed E-state index contributed by atoms with van der Waals surface area (Å²) in [6, 6.07) is 1.56. The van der Waals surface area contributed by atoms with E-state index in [-0.39, 0.29) is 18.4 Å². The van der Waals surface area contributed by atoms with Gasteiger partial charge >= 0.3 is 0 Å². The zero-order valence-electron chi connectivity index (χ0n) is 14.0. The highest BCUT2D eigenvalue weighted by Crippen LogP contribution is 2.06. The lowest BCUT2D eigenvalue weighted by atomic mass is 10.2. The van der Waals surface area contributed by atoms with Crippen LogP contribution in [0.1, 0.15) is 46.0 Å². The average Bonchev–Trinajstić information content (AvgIpc) is 3.03. The van der Waals surface area contributed by atoms with Gasteiger partial charge in [0.2, 0.25) is 11.8 Å². The third kappa shape index (κ3) is 8.35. The summed E-state index contributed by atoms with van der Waals surface area (Å²) in [7, 11) is 0. The third-order valence-corrected chi connectivity index (χ3v) is 3.31. The summed E-state index contributed by atoms with van der Waals surface area (Å²) in [5.41, 5.74) is 0. The lowest BCUT2D eigenvalue weighted by Crippen LogP contribution is -2.39. The van der Waals surface area contributed by atoms with E-state index < -0.39 is 0 Å². The molecule has 0 atom stereocenters. The molecule has 23 heavy (non-hydrogen) atoms. The van der Waals surface area contributed by atoms with Crippen LogP contribution in [-0.2, 0) is 14.3 Å². The molecule has 0 saturated carbocycles. The summed E-state index contributed by atoms with van der Waals surface area (Å²) in [5.74, 6) is 0.0760. The van der Waals surface area contributed by atoms with Crippen molar-refractivity contribution in [2.75, 3.05) is 31.6 Å². The van der Waals surface area contributed by atoms with E-state index in [1.165, 1.54) is 6.26 Å². The van der Waals surface area contributed by atoms with E-state index in [2.05, 4.69) is 21.9 Å². The summed E-state index contributed by atoms with van der Waals surface area (Å²) in [5, 5.41) is 6.23. The van der Waals surface area contributed by atoms with Crippen molar-refractivity contribution in [2.45, 2.75) is 46.0 Å². The number of ether oxygens (including phenoxy) is 1. The summed E-state index contributed by atoms with van der Waals surface area (Å²) < 4.78 is 9.95. The first-order valence-corrected chi connectivity index (χ1v) is 8.23. The molecule has 0 bridgehead atoms. The Morgan fingerprint density at radius 1 is 1.30 bits per heavy atom. The number of unbranched alkanes of at least 4 members (excludes halogenated alkanes) is 2. The second-order valence-corrected chi connectivity index (χ2v) is 5.26. The molecule has 2 amide bonds. The van der Waals surface area contributed by atoms with Crippen LogP contribution in [0.5, 0.6) is 0 Å². The Balaban J connectivity index is 2.47. The van der Waals surface area contributed by atoms with E-state index in [9.17, 15) is 9.59 Å². The van der Waals surface area contributed by atoms with Crippen molar-refractivity contribution in [3.8, 4) is 0 Å². The normalized spacial score (nSPS) is 10.5. The van der Waals surface area contributed by atoms with Gasteiger partial charge in [-0.1, -0.05) is 24.9 Å². The minimum absolute atomic E-state index is 0.00486. The molecule has 0 aliphatic heterocycles. The Hall–Kier alpha value is -1.89. The number of amides is 2. The number of nitrogens with zero attached hydrogens (tertiary/aromatic N) is 2. The molecule has 0 aliphatic rings. The second kappa shape index (κ2) is 11.6. The molecule has 0 radical (unpaired) electrons. The van der Waals surface area contributed by atoms with E-state index in [1.54, 1.807) is 11.0 Å². The fourth-order valence-corrected chi connectivity index (χ4v) is 2.11. The lowest BCUT2D eigenvalue weighted by Gasteiger charge is -2.22. The highest BCUT2D eigenvalue weighted by atomic mass is 16.5. The maximum Gasteiger partial charge on any atom is 0.245 e. The third-order valence-electron chi connectivity index (χ3n) is 3.31. The van der Waals surface area contributed by atoms with Crippen LogP contribution in [0.4, 0.5) is 5.82 Å². The number of hydrogen-bond acceptors (Lipinski definition) is 5. The smallest absolute Gasteiger partial charge is 0.245 e. The van der Waals surface area contributed by atoms with E-state index in [0.717, 1.165) is 19.3 Å². The predicted octanol–water partition coefficient (Wildman–Crippen LogP) is 2.45. The predicted molar refractivity (Wildman–Crippen MR) is 87.0 cm³/mol. The van der Waals surface area contributed by atoms with Crippen LogP contribution >= 0.6 is 0 Å². The van der Waals surface area contributed by atoms with Crippen molar-refractivity contribution < 1.29 is 18.8 Å². The molecular formula is C16H27N3O4. The minimum Gasteiger partial charge on any atom is -0.382 e. The number of anilines is 1. The van der Waals surface area contributed by atoms with Gasteiger partial charge in [-0.15, -0.1) is 0 Å². The van der Waals surface area contributed by atoms with Crippen molar-refractivity contribution in [1.29, 1.82) is 0 Å². The van der Waals surface area contributed by atoms with Crippen molar-refractivity contribution in [3.05, 3.63) is 12.3 Å². The number of nitrogens with one attached hydrogen (secondary N) is 1. The Bertz CT molecular complexity index is 448. The van der Waals surface area contributed by atoms with Gasteiger partial charge < -0.3 is 19.5 Å². The SMILES string of the molecule is CCCCCC(=O)N(CCCOCC)CC(=O)Nc1ccon1.